The molecule has 0 spiro atoms. The number of nitrogens with zero attached hydrogens (tertiary/aromatic N) is 2. The van der Waals surface area contributed by atoms with Gasteiger partial charge in [0, 0.05) is 21.7 Å². The molecule has 1 aliphatic heterocycles. The molecule has 1 unspecified atom stereocenters. The highest BCUT2D eigenvalue weighted by molar-refractivity contribution is 9.10. The van der Waals surface area contributed by atoms with Gasteiger partial charge in [-0.15, -0.1) is 0 Å². The second kappa shape index (κ2) is 4.70. The normalized spacial score (nSPS) is 19.5. The molecule has 2 heterocycles. The first-order chi connectivity index (χ1) is 9.15. The molecule has 96 valence electrons. The van der Waals surface area contributed by atoms with Crippen molar-refractivity contribution in [2.45, 2.75) is 18.8 Å². The van der Waals surface area contributed by atoms with Crippen LogP contribution in [0.4, 0.5) is 0 Å². The van der Waals surface area contributed by atoms with Gasteiger partial charge in [-0.2, -0.15) is 10.2 Å². The Morgan fingerprint density at radius 3 is 2.79 bits per heavy atom. The van der Waals surface area contributed by atoms with Gasteiger partial charge in [-0.1, -0.05) is 15.9 Å². The van der Waals surface area contributed by atoms with Crippen LogP contribution in [0.1, 0.15) is 24.3 Å². The number of imide groups is 1. The fourth-order valence-electron chi connectivity index (χ4n) is 2.38. The Kier molecular flexibility index (Phi) is 3.02. The summed E-state index contributed by atoms with van der Waals surface area (Å²) in [5.74, 6) is -0.769. The lowest BCUT2D eigenvalue weighted by atomic mass is 9.88. The van der Waals surface area contributed by atoms with Gasteiger partial charge in [-0.3, -0.25) is 14.9 Å². The molecule has 0 aliphatic carbocycles. The first-order valence-corrected chi connectivity index (χ1v) is 6.68. The zero-order chi connectivity index (χ0) is 13.4. The Balaban J connectivity index is 2.14. The largest absolute Gasteiger partial charge is 0.296 e. The number of hydrogen-bond acceptors (Lipinski definition) is 4. The summed E-state index contributed by atoms with van der Waals surface area (Å²) in [6.45, 7) is 0. The average Bonchev–Trinajstić information content (AvgIpc) is 2.38. The SMILES string of the molecule is O=C1CCC(c2cc(Br)cc3cnncc23)C(=O)N1. The lowest BCUT2D eigenvalue weighted by Crippen LogP contribution is -2.39. The van der Waals surface area contributed by atoms with Crippen molar-refractivity contribution in [1.82, 2.24) is 15.5 Å². The standard InChI is InChI=1S/C13H10BrN3O2/c14-8-3-7-5-15-16-6-11(7)10(4-8)9-1-2-12(18)17-13(9)19/h3-6,9H,1-2H2,(H,17,18,19). The van der Waals surface area contributed by atoms with E-state index in [1.165, 1.54) is 0 Å². The molecule has 19 heavy (non-hydrogen) atoms. The molecule has 0 saturated carbocycles. The Morgan fingerprint density at radius 1 is 1.21 bits per heavy atom. The second-order valence-corrected chi connectivity index (χ2v) is 5.41. The quantitative estimate of drug-likeness (QED) is 0.815. The van der Waals surface area contributed by atoms with E-state index < -0.39 is 0 Å². The van der Waals surface area contributed by atoms with Crippen molar-refractivity contribution >= 4 is 38.5 Å². The molecular weight excluding hydrogens is 310 g/mol. The lowest BCUT2D eigenvalue weighted by Gasteiger charge is -2.22. The van der Waals surface area contributed by atoms with Crippen LogP contribution in [0.5, 0.6) is 0 Å². The van der Waals surface area contributed by atoms with Gasteiger partial charge in [0.25, 0.3) is 0 Å². The number of fused-ring (bicyclic) bond motifs is 1. The zero-order valence-electron chi connectivity index (χ0n) is 9.89. The summed E-state index contributed by atoms with van der Waals surface area (Å²) < 4.78 is 0.882. The Bertz CT molecular complexity index is 687. The predicted octanol–water partition coefficient (Wildman–Crippen LogP) is 1.91. The highest BCUT2D eigenvalue weighted by Gasteiger charge is 2.29. The molecule has 1 N–H and O–H groups in total. The van der Waals surface area contributed by atoms with E-state index >= 15 is 0 Å². The van der Waals surface area contributed by atoms with Gasteiger partial charge in [0.05, 0.1) is 18.3 Å². The van der Waals surface area contributed by atoms with Crippen molar-refractivity contribution in [2.75, 3.05) is 0 Å². The second-order valence-electron chi connectivity index (χ2n) is 4.49. The molecule has 2 amide bonds. The minimum atomic E-state index is -0.318. The summed E-state index contributed by atoms with van der Waals surface area (Å²) in [5, 5.41) is 11.9. The number of hydrogen-bond donors (Lipinski definition) is 1. The highest BCUT2D eigenvalue weighted by Crippen LogP contribution is 2.32. The van der Waals surface area contributed by atoms with E-state index in [0.717, 1.165) is 20.8 Å². The van der Waals surface area contributed by atoms with E-state index in [1.807, 2.05) is 12.1 Å². The molecule has 1 saturated heterocycles. The number of carbonyl (C=O) groups is 2. The molecule has 5 nitrogen and oxygen atoms in total. The zero-order valence-corrected chi connectivity index (χ0v) is 11.5. The first kappa shape index (κ1) is 12.2. The van der Waals surface area contributed by atoms with E-state index in [2.05, 4.69) is 31.4 Å². The van der Waals surface area contributed by atoms with Crippen molar-refractivity contribution < 1.29 is 9.59 Å². The summed E-state index contributed by atoms with van der Waals surface area (Å²) in [5.41, 5.74) is 0.879. The molecule has 1 fully saturated rings. The molecule has 1 aliphatic rings. The van der Waals surface area contributed by atoms with E-state index in [4.69, 9.17) is 0 Å². The molecule has 1 atom stereocenters. The third kappa shape index (κ3) is 2.23. The van der Waals surface area contributed by atoms with Crippen LogP contribution < -0.4 is 5.32 Å². The molecule has 2 aromatic rings. The number of halogens is 1. The van der Waals surface area contributed by atoms with E-state index in [-0.39, 0.29) is 17.7 Å². The fourth-order valence-corrected chi connectivity index (χ4v) is 2.88. The van der Waals surface area contributed by atoms with Crippen molar-refractivity contribution in [3.05, 3.63) is 34.6 Å². The van der Waals surface area contributed by atoms with Crippen LogP contribution >= 0.6 is 15.9 Å². The maximum Gasteiger partial charge on any atom is 0.234 e. The number of benzene rings is 1. The van der Waals surface area contributed by atoms with Gasteiger partial charge >= 0.3 is 0 Å². The molecular formula is C13H10BrN3O2. The number of amides is 2. The van der Waals surface area contributed by atoms with Crippen LogP contribution in [-0.2, 0) is 9.59 Å². The number of piperidine rings is 1. The Hall–Kier alpha value is -1.82. The smallest absolute Gasteiger partial charge is 0.234 e. The summed E-state index contributed by atoms with van der Waals surface area (Å²) in [6, 6.07) is 3.84. The topological polar surface area (TPSA) is 72.0 Å². The number of aromatic nitrogens is 2. The van der Waals surface area contributed by atoms with Crippen molar-refractivity contribution in [3.63, 3.8) is 0 Å². The maximum atomic E-state index is 12.0. The lowest BCUT2D eigenvalue weighted by molar-refractivity contribution is -0.134. The van der Waals surface area contributed by atoms with Gasteiger partial charge in [-0.05, 0) is 24.1 Å². The number of nitrogens with one attached hydrogen (secondary N) is 1. The van der Waals surface area contributed by atoms with Crippen LogP contribution in [0.2, 0.25) is 0 Å². The number of rotatable bonds is 1. The fraction of sp³-hybridized carbons (Fsp3) is 0.231. The van der Waals surface area contributed by atoms with E-state index in [0.29, 0.717) is 12.8 Å². The van der Waals surface area contributed by atoms with Gasteiger partial charge < -0.3 is 0 Å². The van der Waals surface area contributed by atoms with Crippen LogP contribution in [-0.4, -0.2) is 22.0 Å². The van der Waals surface area contributed by atoms with Gasteiger partial charge in [0.2, 0.25) is 11.8 Å². The van der Waals surface area contributed by atoms with Crippen LogP contribution in [0.15, 0.2) is 29.0 Å². The van der Waals surface area contributed by atoms with Gasteiger partial charge in [-0.25, -0.2) is 0 Å². The Morgan fingerprint density at radius 2 is 2.00 bits per heavy atom. The average molecular weight is 320 g/mol. The summed E-state index contributed by atoms with van der Waals surface area (Å²) in [6.07, 6.45) is 4.21. The molecule has 6 heteroatoms. The molecule has 0 radical (unpaired) electrons. The maximum absolute atomic E-state index is 12.0. The van der Waals surface area contributed by atoms with Crippen LogP contribution in [0, 0.1) is 0 Å². The third-order valence-corrected chi connectivity index (χ3v) is 3.73. The summed E-state index contributed by atoms with van der Waals surface area (Å²) in [7, 11) is 0. The monoisotopic (exact) mass is 319 g/mol. The summed E-state index contributed by atoms with van der Waals surface area (Å²) in [4.78, 5) is 23.2. The number of carbonyl (C=O) groups excluding carboxylic acids is 2. The van der Waals surface area contributed by atoms with Gasteiger partial charge in [0.1, 0.15) is 0 Å². The van der Waals surface area contributed by atoms with E-state index in [1.54, 1.807) is 12.4 Å². The van der Waals surface area contributed by atoms with Crippen molar-refractivity contribution in [3.8, 4) is 0 Å². The van der Waals surface area contributed by atoms with Gasteiger partial charge in [0.15, 0.2) is 0 Å². The summed E-state index contributed by atoms with van der Waals surface area (Å²) >= 11 is 3.43. The third-order valence-electron chi connectivity index (χ3n) is 3.27. The van der Waals surface area contributed by atoms with Crippen molar-refractivity contribution in [2.24, 2.45) is 0 Å². The molecule has 0 bridgehead atoms. The molecule has 1 aromatic carbocycles. The first-order valence-electron chi connectivity index (χ1n) is 5.88. The minimum absolute atomic E-state index is 0.208. The highest BCUT2D eigenvalue weighted by atomic mass is 79.9. The predicted molar refractivity (Wildman–Crippen MR) is 72.4 cm³/mol. The minimum Gasteiger partial charge on any atom is -0.296 e. The van der Waals surface area contributed by atoms with Crippen molar-refractivity contribution in [1.29, 1.82) is 0 Å². The van der Waals surface area contributed by atoms with Crippen LogP contribution in [0.3, 0.4) is 0 Å². The van der Waals surface area contributed by atoms with E-state index in [9.17, 15) is 9.59 Å². The molecule has 1 aromatic heterocycles. The van der Waals surface area contributed by atoms with Crippen LogP contribution in [0.25, 0.3) is 10.8 Å². The Labute approximate surface area is 117 Å². The molecule has 3 rings (SSSR count).